The van der Waals surface area contributed by atoms with Crippen LogP contribution in [0.2, 0.25) is 0 Å². The molecule has 3 rings (SSSR count). The van der Waals surface area contributed by atoms with Crippen LogP contribution in [0.5, 0.6) is 0 Å². The highest BCUT2D eigenvalue weighted by Crippen LogP contribution is 2.16. The summed E-state index contributed by atoms with van der Waals surface area (Å²) in [4.78, 5) is 24.5. The molecule has 3 N–H and O–H groups in total. The highest BCUT2D eigenvalue weighted by molar-refractivity contribution is 7.92. The predicted octanol–water partition coefficient (Wildman–Crippen LogP) is 3.75. The molecule has 0 aliphatic rings. The lowest BCUT2D eigenvalue weighted by atomic mass is 10.1. The lowest BCUT2D eigenvalue weighted by Gasteiger charge is -2.09. The summed E-state index contributed by atoms with van der Waals surface area (Å²) >= 11 is 0. The predicted molar refractivity (Wildman–Crippen MR) is 124 cm³/mol. The summed E-state index contributed by atoms with van der Waals surface area (Å²) in [6, 6.07) is 19.7. The topological polar surface area (TPSA) is 104 Å². The minimum absolute atomic E-state index is 0.0520. The van der Waals surface area contributed by atoms with Crippen molar-refractivity contribution in [1.82, 2.24) is 5.32 Å². The number of amides is 2. The molecule has 0 aliphatic carbocycles. The zero-order chi connectivity index (χ0) is 22.3. The molecule has 0 fully saturated rings. The summed E-state index contributed by atoms with van der Waals surface area (Å²) in [5.74, 6) is -0.434. The SMILES string of the molecule is CCCS(=O)(=O)Nc1ccc(NC(=O)CCNC(=O)c2ccc3ccccc3c2)cc1. The lowest BCUT2D eigenvalue weighted by molar-refractivity contribution is -0.116. The number of rotatable bonds is 9. The van der Waals surface area contributed by atoms with Crippen LogP contribution in [0.3, 0.4) is 0 Å². The third kappa shape index (κ3) is 6.55. The molecule has 0 spiro atoms. The number of hydrogen-bond acceptors (Lipinski definition) is 4. The van der Waals surface area contributed by atoms with Gasteiger partial charge >= 0.3 is 0 Å². The summed E-state index contributed by atoms with van der Waals surface area (Å²) in [6.45, 7) is 1.99. The van der Waals surface area contributed by atoms with E-state index in [0.29, 0.717) is 23.4 Å². The van der Waals surface area contributed by atoms with Gasteiger partial charge in [0.15, 0.2) is 0 Å². The van der Waals surface area contributed by atoms with Crippen molar-refractivity contribution in [3.63, 3.8) is 0 Å². The fourth-order valence-electron chi connectivity index (χ4n) is 3.07. The van der Waals surface area contributed by atoms with Gasteiger partial charge in [0.1, 0.15) is 0 Å². The van der Waals surface area contributed by atoms with Crippen LogP contribution in [0.4, 0.5) is 11.4 Å². The largest absolute Gasteiger partial charge is 0.352 e. The van der Waals surface area contributed by atoms with E-state index >= 15 is 0 Å². The van der Waals surface area contributed by atoms with Crippen LogP contribution >= 0.6 is 0 Å². The maximum Gasteiger partial charge on any atom is 0.251 e. The Morgan fingerprint density at radius 1 is 0.871 bits per heavy atom. The maximum absolute atomic E-state index is 12.3. The number of benzene rings is 3. The molecular weight excluding hydrogens is 414 g/mol. The van der Waals surface area contributed by atoms with E-state index in [0.717, 1.165) is 10.8 Å². The van der Waals surface area contributed by atoms with Crippen molar-refractivity contribution in [2.45, 2.75) is 19.8 Å². The van der Waals surface area contributed by atoms with E-state index in [9.17, 15) is 18.0 Å². The number of carbonyl (C=O) groups excluding carboxylic acids is 2. The first-order valence-corrected chi connectivity index (χ1v) is 11.7. The summed E-state index contributed by atoms with van der Waals surface area (Å²) in [5.41, 5.74) is 1.53. The zero-order valence-electron chi connectivity index (χ0n) is 17.2. The smallest absolute Gasteiger partial charge is 0.251 e. The van der Waals surface area contributed by atoms with Gasteiger partial charge in [-0.2, -0.15) is 0 Å². The molecule has 7 nitrogen and oxygen atoms in total. The number of nitrogens with one attached hydrogen (secondary N) is 3. The van der Waals surface area contributed by atoms with E-state index in [4.69, 9.17) is 0 Å². The molecule has 8 heteroatoms. The summed E-state index contributed by atoms with van der Waals surface area (Å²) in [6.07, 6.45) is 0.644. The van der Waals surface area contributed by atoms with Gasteiger partial charge in [-0.05, 0) is 53.6 Å². The highest BCUT2D eigenvalue weighted by atomic mass is 32.2. The molecule has 31 heavy (non-hydrogen) atoms. The van der Waals surface area contributed by atoms with Crippen molar-refractivity contribution < 1.29 is 18.0 Å². The molecule has 2 amide bonds. The first kappa shape index (κ1) is 22.3. The summed E-state index contributed by atoms with van der Waals surface area (Å²) < 4.78 is 26.1. The first-order chi connectivity index (χ1) is 14.9. The van der Waals surface area contributed by atoms with Crippen molar-refractivity contribution in [2.24, 2.45) is 0 Å². The van der Waals surface area contributed by atoms with E-state index in [-0.39, 0.29) is 30.5 Å². The molecule has 0 unspecified atom stereocenters. The van der Waals surface area contributed by atoms with Crippen LogP contribution < -0.4 is 15.4 Å². The Balaban J connectivity index is 1.46. The Morgan fingerprint density at radius 2 is 1.55 bits per heavy atom. The average Bonchev–Trinajstić information content (AvgIpc) is 2.74. The average molecular weight is 440 g/mol. The maximum atomic E-state index is 12.3. The van der Waals surface area contributed by atoms with Crippen LogP contribution in [-0.4, -0.2) is 32.5 Å². The third-order valence-corrected chi connectivity index (χ3v) is 6.06. The lowest BCUT2D eigenvalue weighted by Crippen LogP contribution is -2.27. The van der Waals surface area contributed by atoms with Gasteiger partial charge in [0.25, 0.3) is 5.91 Å². The molecule has 162 valence electrons. The van der Waals surface area contributed by atoms with Crippen LogP contribution in [0.15, 0.2) is 66.7 Å². The van der Waals surface area contributed by atoms with Gasteiger partial charge in [-0.25, -0.2) is 8.42 Å². The normalized spacial score (nSPS) is 11.1. The van der Waals surface area contributed by atoms with Crippen LogP contribution in [0.1, 0.15) is 30.1 Å². The Morgan fingerprint density at radius 3 is 2.26 bits per heavy atom. The number of carbonyl (C=O) groups is 2. The van der Waals surface area contributed by atoms with Crippen molar-refractivity contribution in [3.8, 4) is 0 Å². The molecule has 0 atom stereocenters. The second-order valence-corrected chi connectivity index (χ2v) is 8.96. The van der Waals surface area contributed by atoms with Gasteiger partial charge in [0, 0.05) is 29.9 Å². The number of fused-ring (bicyclic) bond motifs is 1. The number of hydrogen-bond donors (Lipinski definition) is 3. The van der Waals surface area contributed by atoms with Gasteiger partial charge in [-0.15, -0.1) is 0 Å². The fourth-order valence-corrected chi connectivity index (χ4v) is 4.20. The van der Waals surface area contributed by atoms with Crippen molar-refractivity contribution in [2.75, 3.05) is 22.3 Å². The molecule has 0 bridgehead atoms. The minimum Gasteiger partial charge on any atom is -0.352 e. The first-order valence-electron chi connectivity index (χ1n) is 10.0. The van der Waals surface area contributed by atoms with E-state index in [1.165, 1.54) is 0 Å². The third-order valence-electron chi connectivity index (χ3n) is 4.56. The molecule has 3 aromatic rings. The van der Waals surface area contributed by atoms with Crippen molar-refractivity contribution in [3.05, 3.63) is 72.3 Å². The molecule has 3 aromatic carbocycles. The van der Waals surface area contributed by atoms with E-state index in [1.54, 1.807) is 37.3 Å². The Kier molecular flexibility index (Phi) is 7.25. The molecule has 0 heterocycles. The van der Waals surface area contributed by atoms with E-state index in [2.05, 4.69) is 15.4 Å². The monoisotopic (exact) mass is 439 g/mol. The summed E-state index contributed by atoms with van der Waals surface area (Å²) in [7, 11) is -3.35. The van der Waals surface area contributed by atoms with Crippen molar-refractivity contribution in [1.29, 1.82) is 0 Å². The van der Waals surface area contributed by atoms with E-state index in [1.807, 2.05) is 36.4 Å². The molecule has 0 saturated carbocycles. The van der Waals surface area contributed by atoms with E-state index < -0.39 is 10.0 Å². The van der Waals surface area contributed by atoms with Gasteiger partial charge < -0.3 is 10.6 Å². The molecule has 0 saturated heterocycles. The van der Waals surface area contributed by atoms with Gasteiger partial charge in [0.05, 0.1) is 5.75 Å². The zero-order valence-corrected chi connectivity index (χ0v) is 18.0. The van der Waals surface area contributed by atoms with Gasteiger partial charge in [-0.1, -0.05) is 37.3 Å². The van der Waals surface area contributed by atoms with Gasteiger partial charge in [0.2, 0.25) is 15.9 Å². The molecule has 0 radical (unpaired) electrons. The molecule has 0 aromatic heterocycles. The van der Waals surface area contributed by atoms with Crippen LogP contribution in [-0.2, 0) is 14.8 Å². The Bertz CT molecular complexity index is 1170. The highest BCUT2D eigenvalue weighted by Gasteiger charge is 2.10. The molecule has 0 aliphatic heterocycles. The Labute approximate surface area is 181 Å². The summed E-state index contributed by atoms with van der Waals surface area (Å²) in [5, 5.41) is 7.52. The second-order valence-electron chi connectivity index (χ2n) is 7.11. The molecular formula is C23H25N3O4S. The minimum atomic E-state index is -3.35. The quantitative estimate of drug-likeness (QED) is 0.472. The number of sulfonamides is 1. The number of anilines is 2. The van der Waals surface area contributed by atoms with Crippen LogP contribution in [0.25, 0.3) is 10.8 Å². The Hall–Kier alpha value is -3.39. The standard InChI is InChI=1S/C23H25N3O4S/c1-2-15-31(29,30)26-21-11-9-20(10-12-21)25-22(27)13-14-24-23(28)19-8-7-17-5-3-4-6-18(17)16-19/h3-12,16,26H,2,13-15H2,1H3,(H,24,28)(H,25,27). The van der Waals surface area contributed by atoms with Gasteiger partial charge in [-0.3, -0.25) is 14.3 Å². The van der Waals surface area contributed by atoms with Crippen molar-refractivity contribution >= 4 is 44.0 Å². The second kappa shape index (κ2) is 10.1. The van der Waals surface area contributed by atoms with Crippen LogP contribution in [0, 0.1) is 0 Å². The fraction of sp³-hybridized carbons (Fsp3) is 0.217.